The van der Waals surface area contributed by atoms with Gasteiger partial charge in [-0.15, -0.1) is 0 Å². The first-order chi connectivity index (χ1) is 9.52. The number of carbonyl (C=O) groups excluding carboxylic acids is 2. The third kappa shape index (κ3) is 2.99. The number of hydrogen-bond acceptors (Lipinski definition) is 3. The highest BCUT2D eigenvalue weighted by atomic mass is 16.2. The molecule has 0 radical (unpaired) electrons. The van der Waals surface area contributed by atoms with Gasteiger partial charge in [-0.25, -0.2) is 0 Å². The minimum atomic E-state index is -0.193. The van der Waals surface area contributed by atoms with Crippen molar-refractivity contribution >= 4 is 17.5 Å². The van der Waals surface area contributed by atoms with Crippen molar-refractivity contribution in [3.8, 4) is 0 Å². The average Bonchev–Trinajstić information content (AvgIpc) is 2.37. The fourth-order valence-electron chi connectivity index (χ4n) is 2.21. The molecule has 1 saturated heterocycles. The van der Waals surface area contributed by atoms with Crippen molar-refractivity contribution in [1.29, 1.82) is 0 Å². The van der Waals surface area contributed by atoms with Crippen LogP contribution in [0.25, 0.3) is 0 Å². The summed E-state index contributed by atoms with van der Waals surface area (Å²) in [6.45, 7) is 5.60. The lowest BCUT2D eigenvalue weighted by Crippen LogP contribution is -2.48. The minimum Gasteiger partial charge on any atom is -0.355 e. The summed E-state index contributed by atoms with van der Waals surface area (Å²) in [7, 11) is 1.58. The molecule has 0 aliphatic carbocycles. The molecule has 1 aromatic carbocycles. The predicted octanol–water partition coefficient (Wildman–Crippen LogP) is 1.15. The fraction of sp³-hybridized carbons (Fsp3) is 0.467. The molecule has 1 heterocycles. The predicted molar refractivity (Wildman–Crippen MR) is 78.7 cm³/mol. The number of aryl methyl sites for hydroxylation is 1. The van der Waals surface area contributed by atoms with Crippen molar-refractivity contribution in [2.45, 2.75) is 13.8 Å². The van der Waals surface area contributed by atoms with Crippen LogP contribution in [0, 0.1) is 18.8 Å². The van der Waals surface area contributed by atoms with Gasteiger partial charge in [-0.05, 0) is 38.1 Å². The lowest BCUT2D eigenvalue weighted by Gasteiger charge is -2.31. The summed E-state index contributed by atoms with van der Waals surface area (Å²) in [6, 6.07) is 5.45. The Morgan fingerprint density at radius 2 is 2.05 bits per heavy atom. The van der Waals surface area contributed by atoms with Gasteiger partial charge in [0.15, 0.2) is 0 Å². The highest BCUT2D eigenvalue weighted by molar-refractivity contribution is 6.04. The summed E-state index contributed by atoms with van der Waals surface area (Å²) in [5.74, 6) is 0.0893. The quantitative estimate of drug-likeness (QED) is 0.772. The molecule has 20 heavy (non-hydrogen) atoms. The molecule has 108 valence electrons. The number of amides is 2. The number of nitrogens with one attached hydrogen (secondary N) is 3. The molecule has 0 spiro atoms. The Kier molecular flexibility index (Phi) is 4.39. The summed E-state index contributed by atoms with van der Waals surface area (Å²) in [6.07, 6.45) is 0. The zero-order chi connectivity index (χ0) is 14.7. The average molecular weight is 275 g/mol. The molecule has 1 aromatic rings. The van der Waals surface area contributed by atoms with E-state index in [2.05, 4.69) is 16.0 Å². The van der Waals surface area contributed by atoms with Crippen molar-refractivity contribution in [3.63, 3.8) is 0 Å². The van der Waals surface area contributed by atoms with E-state index >= 15 is 0 Å². The van der Waals surface area contributed by atoms with E-state index in [1.807, 2.05) is 19.9 Å². The topological polar surface area (TPSA) is 70.2 Å². The summed E-state index contributed by atoms with van der Waals surface area (Å²) >= 11 is 0. The van der Waals surface area contributed by atoms with Gasteiger partial charge in [-0.1, -0.05) is 18.6 Å². The van der Waals surface area contributed by atoms with Crippen LogP contribution in [-0.4, -0.2) is 32.0 Å². The molecule has 1 aliphatic heterocycles. The van der Waals surface area contributed by atoms with Gasteiger partial charge >= 0.3 is 0 Å². The fourth-order valence-corrected chi connectivity index (χ4v) is 2.21. The molecule has 2 amide bonds. The first-order valence-electron chi connectivity index (χ1n) is 6.87. The summed E-state index contributed by atoms with van der Waals surface area (Å²) in [4.78, 5) is 24.1. The molecule has 3 N–H and O–H groups in total. The number of rotatable bonds is 4. The van der Waals surface area contributed by atoms with E-state index in [0.29, 0.717) is 17.2 Å². The SMILES string of the molecule is CNC(=O)c1cc(C)ccc1NC(=O)C(C)C1CNC1. The lowest BCUT2D eigenvalue weighted by atomic mass is 9.88. The third-order valence-electron chi connectivity index (χ3n) is 3.84. The van der Waals surface area contributed by atoms with Crippen LogP contribution >= 0.6 is 0 Å². The van der Waals surface area contributed by atoms with E-state index in [1.54, 1.807) is 19.2 Å². The van der Waals surface area contributed by atoms with E-state index < -0.39 is 0 Å². The first-order valence-corrected chi connectivity index (χ1v) is 6.87. The van der Waals surface area contributed by atoms with Gasteiger partial charge in [0.1, 0.15) is 0 Å². The second-order valence-corrected chi connectivity index (χ2v) is 5.32. The smallest absolute Gasteiger partial charge is 0.253 e. The lowest BCUT2D eigenvalue weighted by molar-refractivity contribution is -0.121. The molecule has 2 rings (SSSR count). The second kappa shape index (κ2) is 6.05. The third-order valence-corrected chi connectivity index (χ3v) is 3.84. The van der Waals surface area contributed by atoms with Crippen molar-refractivity contribution in [1.82, 2.24) is 10.6 Å². The standard InChI is InChI=1S/C15H21N3O2/c1-9-4-5-13(12(6-9)15(20)16-3)18-14(19)10(2)11-7-17-8-11/h4-6,10-11,17H,7-8H2,1-3H3,(H,16,20)(H,18,19). The second-order valence-electron chi connectivity index (χ2n) is 5.32. The minimum absolute atomic E-state index is 0.0366. The van der Waals surface area contributed by atoms with E-state index in [1.165, 1.54) is 0 Å². The van der Waals surface area contributed by atoms with Crippen molar-refractivity contribution in [2.75, 3.05) is 25.5 Å². The number of anilines is 1. The highest BCUT2D eigenvalue weighted by Gasteiger charge is 2.29. The van der Waals surface area contributed by atoms with Gasteiger partial charge in [0, 0.05) is 13.0 Å². The Bertz CT molecular complexity index is 524. The molecule has 0 saturated carbocycles. The Morgan fingerprint density at radius 1 is 1.35 bits per heavy atom. The maximum Gasteiger partial charge on any atom is 0.253 e. The van der Waals surface area contributed by atoms with Crippen LogP contribution in [0.15, 0.2) is 18.2 Å². The van der Waals surface area contributed by atoms with Crippen LogP contribution < -0.4 is 16.0 Å². The van der Waals surface area contributed by atoms with Crippen LogP contribution in [0.3, 0.4) is 0 Å². The van der Waals surface area contributed by atoms with Crippen LogP contribution in [0.4, 0.5) is 5.69 Å². The molecule has 5 heteroatoms. The molecule has 5 nitrogen and oxygen atoms in total. The number of carbonyl (C=O) groups is 2. The highest BCUT2D eigenvalue weighted by Crippen LogP contribution is 2.21. The Hall–Kier alpha value is -1.88. The summed E-state index contributed by atoms with van der Waals surface area (Å²) < 4.78 is 0. The Labute approximate surface area is 119 Å². The van der Waals surface area contributed by atoms with Gasteiger partial charge in [-0.2, -0.15) is 0 Å². The van der Waals surface area contributed by atoms with E-state index in [0.717, 1.165) is 18.7 Å². The molecule has 0 aromatic heterocycles. The van der Waals surface area contributed by atoms with Crippen molar-refractivity contribution in [3.05, 3.63) is 29.3 Å². The van der Waals surface area contributed by atoms with Crippen LogP contribution in [0.1, 0.15) is 22.8 Å². The van der Waals surface area contributed by atoms with Gasteiger partial charge in [-0.3, -0.25) is 9.59 Å². The number of hydrogen-bond donors (Lipinski definition) is 3. The molecular weight excluding hydrogens is 254 g/mol. The van der Waals surface area contributed by atoms with Crippen LogP contribution in [0.2, 0.25) is 0 Å². The molecule has 1 fully saturated rings. The first kappa shape index (κ1) is 14.5. The molecule has 1 aliphatic rings. The van der Waals surface area contributed by atoms with E-state index in [9.17, 15) is 9.59 Å². The van der Waals surface area contributed by atoms with Crippen molar-refractivity contribution < 1.29 is 9.59 Å². The summed E-state index contributed by atoms with van der Waals surface area (Å²) in [5.41, 5.74) is 2.05. The zero-order valence-electron chi connectivity index (χ0n) is 12.1. The summed E-state index contributed by atoms with van der Waals surface area (Å²) in [5, 5.41) is 8.63. The van der Waals surface area contributed by atoms with E-state index in [-0.39, 0.29) is 17.7 Å². The monoisotopic (exact) mass is 275 g/mol. The largest absolute Gasteiger partial charge is 0.355 e. The molecule has 0 bridgehead atoms. The van der Waals surface area contributed by atoms with Crippen molar-refractivity contribution in [2.24, 2.45) is 11.8 Å². The zero-order valence-corrected chi connectivity index (χ0v) is 12.1. The maximum atomic E-state index is 12.2. The van der Waals surface area contributed by atoms with Gasteiger partial charge in [0.05, 0.1) is 11.3 Å². The van der Waals surface area contributed by atoms with Gasteiger partial charge in [0.25, 0.3) is 5.91 Å². The maximum absolute atomic E-state index is 12.2. The molecular formula is C15H21N3O2. The normalized spacial score (nSPS) is 16.1. The molecule has 1 unspecified atom stereocenters. The molecule has 1 atom stereocenters. The van der Waals surface area contributed by atoms with E-state index in [4.69, 9.17) is 0 Å². The van der Waals surface area contributed by atoms with Gasteiger partial charge in [0.2, 0.25) is 5.91 Å². The van der Waals surface area contributed by atoms with Crippen LogP contribution in [0.5, 0.6) is 0 Å². The Morgan fingerprint density at radius 3 is 2.60 bits per heavy atom. The Balaban J connectivity index is 2.15. The number of benzene rings is 1. The van der Waals surface area contributed by atoms with Crippen LogP contribution in [-0.2, 0) is 4.79 Å². The van der Waals surface area contributed by atoms with Gasteiger partial charge < -0.3 is 16.0 Å².